The molecule has 0 saturated carbocycles. The van der Waals surface area contributed by atoms with E-state index in [1.165, 1.54) is 6.07 Å². The standard InChI is InChI=1S/C10H11FN2/c1-2-13(8-7-12)10-6-4-3-5-9(10)11/h3-6H,2,8H2,1H3. The van der Waals surface area contributed by atoms with Crippen LogP contribution in [0.3, 0.4) is 0 Å². The zero-order chi connectivity index (χ0) is 9.68. The largest absolute Gasteiger partial charge is 0.356 e. The summed E-state index contributed by atoms with van der Waals surface area (Å²) in [6.45, 7) is 2.75. The van der Waals surface area contributed by atoms with Crippen LogP contribution in [-0.4, -0.2) is 13.1 Å². The quantitative estimate of drug-likeness (QED) is 0.663. The lowest BCUT2D eigenvalue weighted by Gasteiger charge is -2.19. The molecule has 0 saturated heterocycles. The minimum atomic E-state index is -0.278. The van der Waals surface area contributed by atoms with E-state index in [1.807, 2.05) is 13.0 Å². The number of hydrogen-bond acceptors (Lipinski definition) is 2. The van der Waals surface area contributed by atoms with Crippen LogP contribution in [0.25, 0.3) is 0 Å². The fourth-order valence-electron chi connectivity index (χ4n) is 1.16. The van der Waals surface area contributed by atoms with Crippen LogP contribution in [0, 0.1) is 17.1 Å². The van der Waals surface area contributed by atoms with Crippen LogP contribution in [0.1, 0.15) is 6.92 Å². The summed E-state index contributed by atoms with van der Waals surface area (Å²) < 4.78 is 13.2. The van der Waals surface area contributed by atoms with Crippen LogP contribution >= 0.6 is 0 Å². The van der Waals surface area contributed by atoms with Crippen molar-refractivity contribution in [3.05, 3.63) is 30.1 Å². The second kappa shape index (κ2) is 4.46. The van der Waals surface area contributed by atoms with Crippen LogP contribution < -0.4 is 4.90 Å². The highest BCUT2D eigenvalue weighted by Crippen LogP contribution is 2.17. The molecule has 0 aliphatic heterocycles. The van der Waals surface area contributed by atoms with E-state index in [0.717, 1.165) is 0 Å². The van der Waals surface area contributed by atoms with Crippen molar-refractivity contribution in [2.45, 2.75) is 6.92 Å². The van der Waals surface area contributed by atoms with Gasteiger partial charge < -0.3 is 4.90 Å². The van der Waals surface area contributed by atoms with Gasteiger partial charge in [0.05, 0.1) is 11.8 Å². The van der Waals surface area contributed by atoms with Crippen LogP contribution in [0.4, 0.5) is 10.1 Å². The van der Waals surface area contributed by atoms with Crippen molar-refractivity contribution < 1.29 is 4.39 Å². The van der Waals surface area contributed by atoms with E-state index in [1.54, 1.807) is 23.1 Å². The third-order valence-electron chi connectivity index (χ3n) is 1.84. The number of nitriles is 1. The van der Waals surface area contributed by atoms with E-state index < -0.39 is 0 Å². The molecule has 0 aliphatic carbocycles. The highest BCUT2D eigenvalue weighted by Gasteiger charge is 2.07. The summed E-state index contributed by atoms with van der Waals surface area (Å²) in [6, 6.07) is 8.48. The number of para-hydroxylation sites is 1. The molecule has 0 heterocycles. The molecule has 0 aliphatic rings. The minimum Gasteiger partial charge on any atom is -0.356 e. The average Bonchev–Trinajstić information content (AvgIpc) is 2.16. The normalized spacial score (nSPS) is 9.31. The van der Waals surface area contributed by atoms with Gasteiger partial charge in [-0.1, -0.05) is 12.1 Å². The Labute approximate surface area is 77.2 Å². The summed E-state index contributed by atoms with van der Waals surface area (Å²) in [5.41, 5.74) is 0.492. The molecule has 1 aromatic carbocycles. The fraction of sp³-hybridized carbons (Fsp3) is 0.300. The first-order valence-corrected chi connectivity index (χ1v) is 4.16. The molecule has 1 rings (SSSR count). The van der Waals surface area contributed by atoms with E-state index >= 15 is 0 Å². The average molecular weight is 178 g/mol. The van der Waals surface area contributed by atoms with E-state index in [9.17, 15) is 4.39 Å². The fourth-order valence-corrected chi connectivity index (χ4v) is 1.16. The Morgan fingerprint density at radius 1 is 1.46 bits per heavy atom. The molecule has 0 aromatic heterocycles. The number of anilines is 1. The van der Waals surface area contributed by atoms with Crippen molar-refractivity contribution in [1.82, 2.24) is 0 Å². The Bertz CT molecular complexity index is 317. The molecule has 13 heavy (non-hydrogen) atoms. The van der Waals surface area contributed by atoms with Gasteiger partial charge in [-0.15, -0.1) is 0 Å². The summed E-state index contributed by atoms with van der Waals surface area (Å²) >= 11 is 0. The van der Waals surface area contributed by atoms with Gasteiger partial charge in [-0.05, 0) is 19.1 Å². The van der Waals surface area contributed by atoms with Gasteiger partial charge >= 0.3 is 0 Å². The molecule has 0 spiro atoms. The van der Waals surface area contributed by atoms with Crippen molar-refractivity contribution in [1.29, 1.82) is 5.26 Å². The van der Waals surface area contributed by atoms with Crippen LogP contribution in [0.2, 0.25) is 0 Å². The molecule has 0 bridgehead atoms. The predicted octanol–water partition coefficient (Wildman–Crippen LogP) is 2.18. The van der Waals surface area contributed by atoms with Gasteiger partial charge in [0, 0.05) is 6.54 Å². The second-order valence-corrected chi connectivity index (χ2v) is 2.62. The molecular weight excluding hydrogens is 167 g/mol. The first-order chi connectivity index (χ1) is 6.29. The summed E-state index contributed by atoms with van der Waals surface area (Å²) in [7, 11) is 0. The summed E-state index contributed by atoms with van der Waals surface area (Å²) in [6.07, 6.45) is 0. The van der Waals surface area contributed by atoms with Crippen molar-refractivity contribution in [2.24, 2.45) is 0 Å². The minimum absolute atomic E-state index is 0.220. The van der Waals surface area contributed by atoms with Crippen LogP contribution in [-0.2, 0) is 0 Å². The van der Waals surface area contributed by atoms with E-state index in [4.69, 9.17) is 5.26 Å². The SMILES string of the molecule is CCN(CC#N)c1ccccc1F. The van der Waals surface area contributed by atoms with Crippen molar-refractivity contribution in [3.63, 3.8) is 0 Å². The lowest BCUT2D eigenvalue weighted by atomic mass is 10.2. The van der Waals surface area contributed by atoms with Crippen LogP contribution in [0.15, 0.2) is 24.3 Å². The molecule has 0 unspecified atom stereocenters. The van der Waals surface area contributed by atoms with Crippen molar-refractivity contribution in [3.8, 4) is 6.07 Å². The Balaban J connectivity index is 2.92. The topological polar surface area (TPSA) is 27.0 Å². The zero-order valence-electron chi connectivity index (χ0n) is 7.50. The van der Waals surface area contributed by atoms with Gasteiger partial charge in [0.25, 0.3) is 0 Å². The van der Waals surface area contributed by atoms with E-state index in [0.29, 0.717) is 12.2 Å². The van der Waals surface area contributed by atoms with Crippen LogP contribution in [0.5, 0.6) is 0 Å². The molecule has 0 atom stereocenters. The second-order valence-electron chi connectivity index (χ2n) is 2.62. The lowest BCUT2D eigenvalue weighted by Crippen LogP contribution is -2.23. The Morgan fingerprint density at radius 3 is 2.69 bits per heavy atom. The Hall–Kier alpha value is -1.56. The maximum absolute atomic E-state index is 13.2. The summed E-state index contributed by atoms with van der Waals surface area (Å²) in [4.78, 5) is 1.69. The Morgan fingerprint density at radius 2 is 2.15 bits per heavy atom. The van der Waals surface area contributed by atoms with Gasteiger partial charge in [0.1, 0.15) is 12.4 Å². The molecule has 1 aromatic rings. The maximum atomic E-state index is 13.2. The highest BCUT2D eigenvalue weighted by molar-refractivity contribution is 5.48. The lowest BCUT2D eigenvalue weighted by molar-refractivity contribution is 0.622. The molecule has 0 radical (unpaired) electrons. The van der Waals surface area contributed by atoms with Crippen molar-refractivity contribution in [2.75, 3.05) is 18.0 Å². The maximum Gasteiger partial charge on any atom is 0.146 e. The molecule has 68 valence electrons. The number of benzene rings is 1. The number of halogens is 1. The summed E-state index contributed by atoms with van der Waals surface area (Å²) in [5.74, 6) is -0.278. The van der Waals surface area contributed by atoms with Gasteiger partial charge in [-0.25, -0.2) is 4.39 Å². The number of nitrogens with zero attached hydrogens (tertiary/aromatic N) is 2. The predicted molar refractivity (Wildman–Crippen MR) is 49.9 cm³/mol. The molecule has 0 N–H and O–H groups in total. The van der Waals surface area contributed by atoms with Gasteiger partial charge in [-0.2, -0.15) is 5.26 Å². The molecule has 0 amide bonds. The van der Waals surface area contributed by atoms with Gasteiger partial charge in [-0.3, -0.25) is 0 Å². The first kappa shape index (κ1) is 9.53. The van der Waals surface area contributed by atoms with Gasteiger partial charge in [0.2, 0.25) is 0 Å². The number of rotatable bonds is 3. The Kier molecular flexibility index (Phi) is 3.27. The van der Waals surface area contributed by atoms with Gasteiger partial charge in [0.15, 0.2) is 0 Å². The molecule has 0 fully saturated rings. The molecule has 3 heteroatoms. The smallest absolute Gasteiger partial charge is 0.146 e. The highest BCUT2D eigenvalue weighted by atomic mass is 19.1. The van der Waals surface area contributed by atoms with E-state index in [2.05, 4.69) is 0 Å². The molecular formula is C10H11FN2. The third kappa shape index (κ3) is 2.19. The monoisotopic (exact) mass is 178 g/mol. The molecule has 2 nitrogen and oxygen atoms in total. The first-order valence-electron chi connectivity index (χ1n) is 4.16. The number of hydrogen-bond donors (Lipinski definition) is 0. The zero-order valence-corrected chi connectivity index (χ0v) is 7.50. The summed E-state index contributed by atoms with van der Waals surface area (Å²) in [5, 5.41) is 8.51. The van der Waals surface area contributed by atoms with E-state index in [-0.39, 0.29) is 12.4 Å². The third-order valence-corrected chi connectivity index (χ3v) is 1.84. The van der Waals surface area contributed by atoms with Crippen molar-refractivity contribution >= 4 is 5.69 Å².